The Morgan fingerprint density at radius 3 is 2.63 bits per heavy atom. The van der Waals surface area contributed by atoms with E-state index in [1.807, 2.05) is 0 Å². The van der Waals surface area contributed by atoms with Crippen LogP contribution in [0.15, 0.2) is 12.3 Å². The number of aromatic nitrogens is 3. The standard InChI is InChI=1S/C11H11F3N4S/c1-6-16-4-3-7(17-6)10-18-9(11(12,13)14)8(19-10)5-15-2/h3-4,15H,5H2,1-2H3. The van der Waals surface area contributed by atoms with Crippen LogP contribution in [0.1, 0.15) is 16.4 Å². The Kier molecular flexibility index (Phi) is 3.81. The van der Waals surface area contributed by atoms with E-state index >= 15 is 0 Å². The van der Waals surface area contributed by atoms with Gasteiger partial charge in [0.15, 0.2) is 5.69 Å². The first-order chi connectivity index (χ1) is 8.91. The van der Waals surface area contributed by atoms with Gasteiger partial charge in [-0.2, -0.15) is 13.2 Å². The minimum absolute atomic E-state index is 0.122. The third kappa shape index (κ3) is 3.07. The van der Waals surface area contributed by atoms with E-state index in [-0.39, 0.29) is 16.4 Å². The maximum Gasteiger partial charge on any atom is 0.434 e. The summed E-state index contributed by atoms with van der Waals surface area (Å²) in [6.07, 6.45) is -2.95. The van der Waals surface area contributed by atoms with E-state index in [0.717, 1.165) is 11.3 Å². The Labute approximate surface area is 111 Å². The third-order valence-electron chi connectivity index (χ3n) is 2.30. The van der Waals surface area contributed by atoms with E-state index in [1.165, 1.54) is 6.20 Å². The van der Waals surface area contributed by atoms with Crippen molar-refractivity contribution >= 4 is 11.3 Å². The number of halogens is 3. The Bertz CT molecular complexity index is 580. The number of nitrogens with zero attached hydrogens (tertiary/aromatic N) is 3. The first kappa shape index (κ1) is 13.9. The summed E-state index contributed by atoms with van der Waals surface area (Å²) in [5.74, 6) is 0.497. The first-order valence-corrected chi connectivity index (χ1v) is 6.25. The zero-order chi connectivity index (χ0) is 14.0. The van der Waals surface area contributed by atoms with Crippen molar-refractivity contribution in [2.24, 2.45) is 0 Å². The van der Waals surface area contributed by atoms with Crippen LogP contribution in [-0.4, -0.2) is 22.0 Å². The average Bonchev–Trinajstić information content (AvgIpc) is 2.73. The Hall–Kier alpha value is -1.54. The zero-order valence-corrected chi connectivity index (χ0v) is 11.1. The molecule has 0 amide bonds. The van der Waals surface area contributed by atoms with Gasteiger partial charge in [-0.15, -0.1) is 11.3 Å². The highest BCUT2D eigenvalue weighted by Crippen LogP contribution is 2.37. The summed E-state index contributed by atoms with van der Waals surface area (Å²) < 4.78 is 38.6. The van der Waals surface area contributed by atoms with Crippen molar-refractivity contribution in [1.29, 1.82) is 0 Å². The lowest BCUT2D eigenvalue weighted by atomic mass is 10.3. The fourth-order valence-corrected chi connectivity index (χ4v) is 2.60. The maximum absolute atomic E-state index is 12.9. The van der Waals surface area contributed by atoms with Crippen LogP contribution in [-0.2, 0) is 12.7 Å². The Balaban J connectivity index is 2.48. The molecule has 1 N–H and O–H groups in total. The number of hydrogen-bond acceptors (Lipinski definition) is 5. The van der Waals surface area contributed by atoms with Crippen molar-refractivity contribution in [3.8, 4) is 10.7 Å². The van der Waals surface area contributed by atoms with E-state index in [2.05, 4.69) is 20.3 Å². The second kappa shape index (κ2) is 5.22. The van der Waals surface area contributed by atoms with Crippen molar-refractivity contribution in [2.45, 2.75) is 19.6 Å². The topological polar surface area (TPSA) is 50.7 Å². The predicted octanol–water partition coefficient (Wildman–Crippen LogP) is 2.65. The average molecular weight is 288 g/mol. The summed E-state index contributed by atoms with van der Waals surface area (Å²) in [4.78, 5) is 11.8. The summed E-state index contributed by atoms with van der Waals surface area (Å²) in [6, 6.07) is 1.55. The summed E-state index contributed by atoms with van der Waals surface area (Å²) in [5, 5.41) is 2.96. The second-order valence-corrected chi connectivity index (χ2v) is 4.89. The van der Waals surface area contributed by atoms with Crippen LogP contribution < -0.4 is 5.32 Å². The summed E-state index contributed by atoms with van der Waals surface area (Å²) in [7, 11) is 1.59. The van der Waals surface area contributed by atoms with Crippen molar-refractivity contribution in [3.05, 3.63) is 28.7 Å². The predicted molar refractivity (Wildman–Crippen MR) is 65.6 cm³/mol. The SMILES string of the molecule is CNCc1sc(-c2ccnc(C)n2)nc1C(F)(F)F. The van der Waals surface area contributed by atoms with Crippen LogP contribution in [0.2, 0.25) is 0 Å². The van der Waals surface area contributed by atoms with Crippen LogP contribution in [0.4, 0.5) is 13.2 Å². The van der Waals surface area contributed by atoms with Gasteiger partial charge in [-0.05, 0) is 20.0 Å². The monoisotopic (exact) mass is 288 g/mol. The van der Waals surface area contributed by atoms with Gasteiger partial charge in [0, 0.05) is 12.7 Å². The molecule has 0 fully saturated rings. The molecule has 0 aliphatic carbocycles. The van der Waals surface area contributed by atoms with Gasteiger partial charge >= 0.3 is 6.18 Å². The van der Waals surface area contributed by atoms with Gasteiger partial charge < -0.3 is 5.32 Å². The van der Waals surface area contributed by atoms with Crippen molar-refractivity contribution < 1.29 is 13.2 Å². The van der Waals surface area contributed by atoms with Crippen LogP contribution in [0.25, 0.3) is 10.7 Å². The molecule has 0 radical (unpaired) electrons. The molecule has 0 aliphatic rings. The lowest BCUT2D eigenvalue weighted by Crippen LogP contribution is -2.12. The van der Waals surface area contributed by atoms with Gasteiger partial charge in [-0.1, -0.05) is 0 Å². The molecule has 0 aromatic carbocycles. The lowest BCUT2D eigenvalue weighted by Gasteiger charge is -2.04. The molecule has 2 aromatic rings. The number of aryl methyl sites for hydroxylation is 1. The van der Waals surface area contributed by atoms with Crippen LogP contribution >= 0.6 is 11.3 Å². The number of hydrogen-bond donors (Lipinski definition) is 1. The first-order valence-electron chi connectivity index (χ1n) is 5.43. The fraction of sp³-hybridized carbons (Fsp3) is 0.364. The molecule has 2 aromatic heterocycles. The highest BCUT2D eigenvalue weighted by molar-refractivity contribution is 7.15. The normalized spacial score (nSPS) is 11.8. The van der Waals surface area contributed by atoms with Crippen molar-refractivity contribution in [1.82, 2.24) is 20.3 Å². The minimum Gasteiger partial charge on any atom is -0.315 e. The highest BCUT2D eigenvalue weighted by atomic mass is 32.1. The van der Waals surface area contributed by atoms with Gasteiger partial charge in [-0.25, -0.2) is 15.0 Å². The molecule has 0 aliphatic heterocycles. The largest absolute Gasteiger partial charge is 0.434 e. The molecule has 19 heavy (non-hydrogen) atoms. The van der Waals surface area contributed by atoms with Crippen molar-refractivity contribution in [2.75, 3.05) is 7.05 Å². The van der Waals surface area contributed by atoms with E-state index in [9.17, 15) is 13.2 Å². The number of alkyl halides is 3. The summed E-state index contributed by atoms with van der Waals surface area (Å²) in [5.41, 5.74) is -0.441. The molecular formula is C11H11F3N4S. The smallest absolute Gasteiger partial charge is 0.315 e. The lowest BCUT2D eigenvalue weighted by molar-refractivity contribution is -0.141. The van der Waals surface area contributed by atoms with E-state index in [0.29, 0.717) is 11.5 Å². The molecule has 0 spiro atoms. The number of nitrogens with one attached hydrogen (secondary N) is 1. The van der Waals surface area contributed by atoms with Crippen molar-refractivity contribution in [3.63, 3.8) is 0 Å². The van der Waals surface area contributed by atoms with Gasteiger partial charge in [0.05, 0.1) is 4.88 Å². The molecule has 4 nitrogen and oxygen atoms in total. The molecule has 0 atom stereocenters. The highest BCUT2D eigenvalue weighted by Gasteiger charge is 2.37. The van der Waals surface area contributed by atoms with Gasteiger partial charge in [0.2, 0.25) is 0 Å². The molecule has 0 bridgehead atoms. The molecule has 0 saturated carbocycles. The van der Waals surface area contributed by atoms with E-state index in [1.54, 1.807) is 20.0 Å². The molecule has 0 saturated heterocycles. The maximum atomic E-state index is 12.9. The van der Waals surface area contributed by atoms with Gasteiger partial charge in [0.25, 0.3) is 0 Å². The second-order valence-electron chi connectivity index (χ2n) is 3.81. The van der Waals surface area contributed by atoms with Gasteiger partial charge in [-0.3, -0.25) is 0 Å². The van der Waals surface area contributed by atoms with E-state index in [4.69, 9.17) is 0 Å². The Morgan fingerprint density at radius 1 is 1.32 bits per heavy atom. The summed E-state index contributed by atoms with van der Waals surface area (Å²) in [6.45, 7) is 1.80. The fourth-order valence-electron chi connectivity index (χ4n) is 1.54. The number of thiazole rings is 1. The molecule has 2 rings (SSSR count). The van der Waals surface area contributed by atoms with Gasteiger partial charge in [0.1, 0.15) is 16.5 Å². The molecule has 8 heteroatoms. The Morgan fingerprint density at radius 2 is 2.05 bits per heavy atom. The van der Waals surface area contributed by atoms with Crippen LogP contribution in [0.5, 0.6) is 0 Å². The molecule has 2 heterocycles. The molecule has 102 valence electrons. The zero-order valence-electron chi connectivity index (χ0n) is 10.2. The summed E-state index contributed by atoms with van der Waals surface area (Å²) >= 11 is 0.989. The molecular weight excluding hydrogens is 277 g/mol. The quantitative estimate of drug-likeness (QED) is 0.943. The molecule has 0 unspecified atom stereocenters. The third-order valence-corrected chi connectivity index (χ3v) is 3.38. The minimum atomic E-state index is -4.46. The van der Waals surface area contributed by atoms with Crippen LogP contribution in [0.3, 0.4) is 0 Å². The van der Waals surface area contributed by atoms with Crippen LogP contribution in [0, 0.1) is 6.92 Å². The number of rotatable bonds is 3. The van der Waals surface area contributed by atoms with E-state index < -0.39 is 11.9 Å².